The molecule has 9 nitrogen and oxygen atoms in total. The summed E-state index contributed by atoms with van der Waals surface area (Å²) >= 11 is 0. The Balaban J connectivity index is 2.01. The molecule has 0 bridgehead atoms. The molecule has 0 saturated heterocycles. The molecule has 0 aliphatic carbocycles. The zero-order valence-electron chi connectivity index (χ0n) is 10.9. The molecular weight excluding hydrogens is 266 g/mol. The summed E-state index contributed by atoms with van der Waals surface area (Å²) in [4.78, 5) is 23.7. The smallest absolute Gasteiger partial charge is 0.328 e. The Bertz CT molecular complexity index is 617. The molecule has 0 atom stereocenters. The predicted octanol–water partition coefficient (Wildman–Crippen LogP) is -0.0875. The summed E-state index contributed by atoms with van der Waals surface area (Å²) in [7, 11) is 0. The molecule has 1 amide bonds. The van der Waals surface area contributed by atoms with Crippen molar-refractivity contribution in [3.05, 3.63) is 18.4 Å². The van der Waals surface area contributed by atoms with E-state index in [1.807, 2.05) is 0 Å². The van der Waals surface area contributed by atoms with Crippen LogP contribution in [-0.4, -0.2) is 42.7 Å². The minimum Gasteiger partial charge on any atom is -0.480 e. The number of aliphatic carboxylic acids is 1. The average molecular weight is 279 g/mol. The molecule has 0 aliphatic heterocycles. The number of hydrogen-bond acceptors (Lipinski definition) is 6. The van der Waals surface area contributed by atoms with Crippen LogP contribution in [0.25, 0.3) is 11.6 Å². The minimum atomic E-state index is -1.36. The second kappa shape index (κ2) is 5.11. The molecule has 0 aromatic carbocycles. The number of carbonyl (C=O) groups excluding carboxylic acids is 1. The van der Waals surface area contributed by atoms with E-state index in [9.17, 15) is 9.59 Å². The number of rotatable bonds is 5. The van der Waals surface area contributed by atoms with Crippen LogP contribution in [0.4, 0.5) is 0 Å². The normalized spacial score (nSPS) is 11.3. The lowest BCUT2D eigenvalue weighted by atomic mass is 10.1. The van der Waals surface area contributed by atoms with Crippen LogP contribution in [0.5, 0.6) is 0 Å². The van der Waals surface area contributed by atoms with Crippen molar-refractivity contribution in [3.63, 3.8) is 0 Å². The Labute approximate surface area is 113 Å². The molecule has 106 valence electrons. The number of amides is 1. The number of tetrazole rings is 1. The molecule has 2 aromatic heterocycles. The third kappa shape index (κ3) is 2.99. The maximum absolute atomic E-state index is 11.7. The van der Waals surface area contributed by atoms with E-state index in [2.05, 4.69) is 20.7 Å². The van der Waals surface area contributed by atoms with E-state index >= 15 is 0 Å². The first-order valence-corrected chi connectivity index (χ1v) is 5.74. The van der Waals surface area contributed by atoms with Crippen molar-refractivity contribution < 1.29 is 19.1 Å². The largest absolute Gasteiger partial charge is 0.480 e. The number of nitrogens with one attached hydrogen (secondary N) is 1. The second-order valence-electron chi connectivity index (χ2n) is 4.60. The Morgan fingerprint density at radius 3 is 2.85 bits per heavy atom. The summed E-state index contributed by atoms with van der Waals surface area (Å²) in [6.07, 6.45) is 1.47. The molecule has 0 saturated carbocycles. The molecule has 9 heteroatoms. The molecule has 2 heterocycles. The van der Waals surface area contributed by atoms with Crippen LogP contribution in [0.15, 0.2) is 22.8 Å². The molecule has 0 aliphatic rings. The van der Waals surface area contributed by atoms with Crippen molar-refractivity contribution in [2.24, 2.45) is 0 Å². The van der Waals surface area contributed by atoms with Gasteiger partial charge in [-0.05, 0) is 31.2 Å². The number of carboxylic acids is 1. The van der Waals surface area contributed by atoms with Gasteiger partial charge in [0, 0.05) is 0 Å². The van der Waals surface area contributed by atoms with Crippen LogP contribution >= 0.6 is 0 Å². The first-order valence-electron chi connectivity index (χ1n) is 5.74. The maximum Gasteiger partial charge on any atom is 0.328 e. The number of furan rings is 1. The van der Waals surface area contributed by atoms with Crippen LogP contribution in [0.3, 0.4) is 0 Å². The van der Waals surface area contributed by atoms with Gasteiger partial charge in [-0.1, -0.05) is 0 Å². The van der Waals surface area contributed by atoms with Gasteiger partial charge in [0.2, 0.25) is 11.7 Å². The van der Waals surface area contributed by atoms with Gasteiger partial charge in [0.25, 0.3) is 0 Å². The fourth-order valence-electron chi connectivity index (χ4n) is 1.38. The third-order valence-electron chi connectivity index (χ3n) is 2.47. The van der Waals surface area contributed by atoms with Crippen LogP contribution < -0.4 is 5.32 Å². The van der Waals surface area contributed by atoms with Gasteiger partial charge in [0.1, 0.15) is 12.1 Å². The van der Waals surface area contributed by atoms with Crippen molar-refractivity contribution in [1.29, 1.82) is 0 Å². The number of carbonyl (C=O) groups is 2. The molecule has 0 spiro atoms. The van der Waals surface area contributed by atoms with Crippen molar-refractivity contribution in [2.75, 3.05) is 0 Å². The summed E-state index contributed by atoms with van der Waals surface area (Å²) in [5, 5.41) is 22.7. The number of hydrogen-bond donors (Lipinski definition) is 2. The lowest BCUT2D eigenvalue weighted by molar-refractivity contribution is -0.146. The highest BCUT2D eigenvalue weighted by atomic mass is 16.4. The molecule has 0 fully saturated rings. The maximum atomic E-state index is 11.7. The summed E-state index contributed by atoms with van der Waals surface area (Å²) in [6, 6.07) is 3.34. The standard InChI is InChI=1S/C11H13N5O4/c1-11(2,10(18)19)12-8(17)6-16-14-9(13-15-16)7-4-3-5-20-7/h3-5H,6H2,1-2H3,(H,12,17)(H,18,19). The van der Waals surface area contributed by atoms with E-state index < -0.39 is 17.4 Å². The zero-order valence-corrected chi connectivity index (χ0v) is 10.9. The van der Waals surface area contributed by atoms with E-state index in [0.29, 0.717) is 5.76 Å². The van der Waals surface area contributed by atoms with Crippen LogP contribution in [0, 0.1) is 0 Å². The van der Waals surface area contributed by atoms with Crippen molar-refractivity contribution in [2.45, 2.75) is 25.9 Å². The summed E-state index contributed by atoms with van der Waals surface area (Å²) in [5.41, 5.74) is -1.36. The Hall–Kier alpha value is -2.71. The highest BCUT2D eigenvalue weighted by Gasteiger charge is 2.29. The van der Waals surface area contributed by atoms with Gasteiger partial charge < -0.3 is 14.8 Å². The second-order valence-corrected chi connectivity index (χ2v) is 4.60. The SMILES string of the molecule is CC(C)(NC(=O)Cn1nnc(-c2ccco2)n1)C(=O)O. The van der Waals surface area contributed by atoms with Gasteiger partial charge in [-0.2, -0.15) is 4.80 Å². The highest BCUT2D eigenvalue weighted by Crippen LogP contribution is 2.12. The van der Waals surface area contributed by atoms with Gasteiger partial charge in [0.05, 0.1) is 6.26 Å². The molecule has 2 aromatic rings. The first-order chi connectivity index (χ1) is 9.38. The van der Waals surface area contributed by atoms with Gasteiger partial charge in [-0.3, -0.25) is 4.79 Å². The van der Waals surface area contributed by atoms with Gasteiger partial charge in [-0.15, -0.1) is 10.2 Å². The molecular formula is C11H13N5O4. The number of nitrogens with zero attached hydrogens (tertiary/aromatic N) is 4. The van der Waals surface area contributed by atoms with E-state index in [1.165, 1.54) is 20.1 Å². The highest BCUT2D eigenvalue weighted by molar-refractivity contribution is 5.86. The lowest BCUT2D eigenvalue weighted by Crippen LogP contribution is -2.50. The van der Waals surface area contributed by atoms with Gasteiger partial charge in [-0.25, -0.2) is 4.79 Å². The molecule has 0 unspecified atom stereocenters. The zero-order chi connectivity index (χ0) is 14.8. The van der Waals surface area contributed by atoms with Crippen LogP contribution in [0.2, 0.25) is 0 Å². The molecule has 20 heavy (non-hydrogen) atoms. The average Bonchev–Trinajstić information content (AvgIpc) is 2.97. The molecule has 2 N–H and O–H groups in total. The van der Waals surface area contributed by atoms with Crippen LogP contribution in [0.1, 0.15) is 13.8 Å². The van der Waals surface area contributed by atoms with Crippen molar-refractivity contribution in [1.82, 2.24) is 25.5 Å². The predicted molar refractivity (Wildman–Crippen MR) is 65.4 cm³/mol. The Morgan fingerprint density at radius 1 is 1.50 bits per heavy atom. The number of carboxylic acid groups (broad SMARTS) is 1. The first kappa shape index (κ1) is 13.7. The summed E-state index contributed by atoms with van der Waals surface area (Å²) < 4.78 is 5.09. The quantitative estimate of drug-likeness (QED) is 0.784. The van der Waals surface area contributed by atoms with Gasteiger partial charge >= 0.3 is 5.97 Å². The topological polar surface area (TPSA) is 123 Å². The fourth-order valence-corrected chi connectivity index (χ4v) is 1.38. The van der Waals surface area contributed by atoms with E-state index in [1.54, 1.807) is 12.1 Å². The molecule has 0 radical (unpaired) electrons. The lowest BCUT2D eigenvalue weighted by Gasteiger charge is -2.20. The van der Waals surface area contributed by atoms with Gasteiger partial charge in [0.15, 0.2) is 5.76 Å². The Morgan fingerprint density at radius 2 is 2.25 bits per heavy atom. The minimum absolute atomic E-state index is 0.232. The monoisotopic (exact) mass is 279 g/mol. The summed E-state index contributed by atoms with van der Waals surface area (Å²) in [6.45, 7) is 2.54. The van der Waals surface area contributed by atoms with E-state index in [0.717, 1.165) is 4.80 Å². The van der Waals surface area contributed by atoms with Crippen molar-refractivity contribution >= 4 is 11.9 Å². The van der Waals surface area contributed by atoms with E-state index in [-0.39, 0.29) is 12.4 Å². The molecule has 2 rings (SSSR count). The van der Waals surface area contributed by atoms with Crippen molar-refractivity contribution in [3.8, 4) is 11.6 Å². The number of aromatic nitrogens is 4. The van der Waals surface area contributed by atoms with E-state index in [4.69, 9.17) is 9.52 Å². The summed E-state index contributed by atoms with van der Waals surface area (Å²) in [5.74, 6) is -0.975. The van der Waals surface area contributed by atoms with Crippen LogP contribution in [-0.2, 0) is 16.1 Å². The Kier molecular flexibility index (Phi) is 3.51. The third-order valence-corrected chi connectivity index (χ3v) is 2.47. The fraction of sp³-hybridized carbons (Fsp3) is 0.364.